The van der Waals surface area contributed by atoms with Crippen molar-refractivity contribution in [2.45, 2.75) is 24.3 Å². The minimum absolute atomic E-state index is 0.180. The first-order chi connectivity index (χ1) is 16.5. The molecule has 4 rings (SSSR count). The molecule has 0 aliphatic carbocycles. The Hall–Kier alpha value is -3.40. The van der Waals surface area contributed by atoms with Gasteiger partial charge in [0.2, 0.25) is 0 Å². The highest BCUT2D eigenvalue weighted by Crippen LogP contribution is 2.22. The number of rotatable bonds is 11. The number of sulfonamides is 1. The van der Waals surface area contributed by atoms with E-state index in [-0.39, 0.29) is 4.90 Å². The molecule has 3 aromatic carbocycles. The van der Waals surface area contributed by atoms with E-state index in [0.29, 0.717) is 30.9 Å². The predicted octanol–water partition coefficient (Wildman–Crippen LogP) is 3.63. The summed E-state index contributed by atoms with van der Waals surface area (Å²) in [7, 11) is -3.69. The van der Waals surface area contributed by atoms with E-state index in [0.717, 1.165) is 28.8 Å². The first kappa shape index (κ1) is 23.7. The van der Waals surface area contributed by atoms with Crippen LogP contribution in [0.2, 0.25) is 0 Å². The highest BCUT2D eigenvalue weighted by molar-refractivity contribution is 7.92. The Kier molecular flexibility index (Phi) is 7.46. The Morgan fingerprint density at radius 2 is 1.88 bits per heavy atom. The van der Waals surface area contributed by atoms with Crippen molar-refractivity contribution in [3.8, 4) is 5.75 Å². The Bertz CT molecular complexity index is 1340. The fourth-order valence-corrected chi connectivity index (χ4v) is 4.70. The number of hydrogen-bond donors (Lipinski definition) is 4. The summed E-state index contributed by atoms with van der Waals surface area (Å²) in [4.78, 5) is 0.180. The molecule has 8 nitrogen and oxygen atoms in total. The number of anilines is 1. The van der Waals surface area contributed by atoms with E-state index < -0.39 is 16.1 Å². The molecule has 4 N–H and O–H groups in total. The van der Waals surface area contributed by atoms with Gasteiger partial charge in [0.05, 0.1) is 16.5 Å². The molecule has 1 aromatic heterocycles. The fraction of sp³-hybridized carbons (Fsp3) is 0.240. The SMILES string of the molecule is CCc1[nH]nc2cc(OCCNCC(O)c3cccc(NS(=O)(=O)c4ccccc4)c3)ccc12. The second kappa shape index (κ2) is 10.7. The van der Waals surface area contributed by atoms with Crippen molar-refractivity contribution in [3.05, 3.63) is 84.1 Å². The van der Waals surface area contributed by atoms with E-state index in [2.05, 4.69) is 27.2 Å². The number of aliphatic hydroxyl groups is 1. The molecule has 0 spiro atoms. The molecule has 9 heteroatoms. The summed E-state index contributed by atoms with van der Waals surface area (Å²) >= 11 is 0. The van der Waals surface area contributed by atoms with Gasteiger partial charge in [-0.25, -0.2) is 8.42 Å². The third-order valence-electron chi connectivity index (χ3n) is 5.42. The standard InChI is InChI=1S/C25H28N4O4S/c1-2-23-22-12-11-20(16-24(22)28-27-23)33-14-13-26-17-25(30)18-7-6-8-19(15-18)29-34(31,32)21-9-4-3-5-10-21/h3-12,15-16,25-26,29-30H,2,13-14,17H2,1H3,(H,27,28). The summed E-state index contributed by atoms with van der Waals surface area (Å²) < 4.78 is 33.4. The van der Waals surface area contributed by atoms with E-state index >= 15 is 0 Å². The van der Waals surface area contributed by atoms with Crippen LogP contribution in [-0.4, -0.2) is 43.4 Å². The number of fused-ring (bicyclic) bond motifs is 1. The van der Waals surface area contributed by atoms with Crippen molar-refractivity contribution in [2.75, 3.05) is 24.4 Å². The van der Waals surface area contributed by atoms with Crippen molar-refractivity contribution in [1.82, 2.24) is 15.5 Å². The van der Waals surface area contributed by atoms with Gasteiger partial charge < -0.3 is 15.2 Å². The van der Waals surface area contributed by atoms with Crippen LogP contribution < -0.4 is 14.8 Å². The lowest BCUT2D eigenvalue weighted by atomic mass is 10.1. The molecule has 0 fully saturated rings. The molecular formula is C25H28N4O4S. The van der Waals surface area contributed by atoms with Gasteiger partial charge in [-0.15, -0.1) is 0 Å². The van der Waals surface area contributed by atoms with Crippen LogP contribution in [0.15, 0.2) is 77.7 Å². The van der Waals surface area contributed by atoms with Crippen LogP contribution in [0.4, 0.5) is 5.69 Å². The van der Waals surface area contributed by atoms with Crippen LogP contribution in [0.1, 0.15) is 24.3 Å². The van der Waals surface area contributed by atoms with Crippen LogP contribution in [0.25, 0.3) is 10.9 Å². The van der Waals surface area contributed by atoms with Gasteiger partial charge in [-0.1, -0.05) is 37.3 Å². The van der Waals surface area contributed by atoms with Gasteiger partial charge in [0.1, 0.15) is 12.4 Å². The first-order valence-electron chi connectivity index (χ1n) is 11.1. The number of benzene rings is 3. The molecule has 0 saturated carbocycles. The van der Waals surface area contributed by atoms with E-state index in [1.54, 1.807) is 42.5 Å². The third-order valence-corrected chi connectivity index (χ3v) is 6.82. The van der Waals surface area contributed by atoms with Crippen molar-refractivity contribution in [1.29, 1.82) is 0 Å². The van der Waals surface area contributed by atoms with E-state index in [4.69, 9.17) is 4.74 Å². The lowest BCUT2D eigenvalue weighted by Gasteiger charge is -2.15. The molecule has 0 bridgehead atoms. The summed E-state index contributed by atoms with van der Waals surface area (Å²) in [5, 5.41) is 22.1. The number of ether oxygens (including phenoxy) is 1. The zero-order chi connectivity index (χ0) is 24.0. The second-order valence-corrected chi connectivity index (χ2v) is 9.53. The number of aromatic amines is 1. The number of H-pyrrole nitrogens is 1. The molecule has 0 radical (unpaired) electrons. The summed E-state index contributed by atoms with van der Waals surface area (Å²) in [5.74, 6) is 0.738. The van der Waals surface area contributed by atoms with Crippen LogP contribution in [0, 0.1) is 0 Å². The third kappa shape index (κ3) is 5.74. The van der Waals surface area contributed by atoms with Gasteiger partial charge in [-0.05, 0) is 48.4 Å². The number of nitrogens with one attached hydrogen (secondary N) is 3. The topological polar surface area (TPSA) is 116 Å². The highest BCUT2D eigenvalue weighted by atomic mass is 32.2. The zero-order valence-electron chi connectivity index (χ0n) is 18.9. The summed E-state index contributed by atoms with van der Waals surface area (Å²) in [6.45, 7) is 3.35. The minimum atomic E-state index is -3.69. The Morgan fingerprint density at radius 1 is 1.06 bits per heavy atom. The zero-order valence-corrected chi connectivity index (χ0v) is 19.7. The van der Waals surface area contributed by atoms with Gasteiger partial charge in [-0.3, -0.25) is 9.82 Å². The van der Waals surface area contributed by atoms with Crippen molar-refractivity contribution >= 4 is 26.6 Å². The van der Waals surface area contributed by atoms with E-state index in [9.17, 15) is 13.5 Å². The summed E-state index contributed by atoms with van der Waals surface area (Å²) in [5.41, 5.74) is 2.98. The molecule has 1 heterocycles. The number of aryl methyl sites for hydroxylation is 1. The smallest absolute Gasteiger partial charge is 0.261 e. The molecule has 0 aliphatic heterocycles. The van der Waals surface area contributed by atoms with Gasteiger partial charge in [-0.2, -0.15) is 5.10 Å². The lowest BCUT2D eigenvalue weighted by molar-refractivity contribution is 0.172. The number of aromatic nitrogens is 2. The summed E-state index contributed by atoms with van der Waals surface area (Å²) in [6, 6.07) is 20.7. The molecular weight excluding hydrogens is 452 g/mol. The maximum atomic E-state index is 12.5. The molecule has 1 unspecified atom stereocenters. The molecule has 1 atom stereocenters. The van der Waals surface area contributed by atoms with Gasteiger partial charge in [0.25, 0.3) is 10.0 Å². The van der Waals surface area contributed by atoms with Crippen molar-refractivity contribution in [2.24, 2.45) is 0 Å². The second-order valence-electron chi connectivity index (χ2n) is 7.85. The van der Waals surface area contributed by atoms with Crippen molar-refractivity contribution in [3.63, 3.8) is 0 Å². The first-order valence-corrected chi connectivity index (χ1v) is 12.6. The Labute approximate surface area is 199 Å². The predicted molar refractivity (Wildman–Crippen MR) is 132 cm³/mol. The van der Waals surface area contributed by atoms with Gasteiger partial charge >= 0.3 is 0 Å². The normalized spacial score (nSPS) is 12.5. The van der Waals surface area contributed by atoms with Crippen LogP contribution in [0.5, 0.6) is 5.75 Å². The van der Waals surface area contributed by atoms with E-state index in [1.807, 2.05) is 18.2 Å². The Balaban J connectivity index is 1.26. The van der Waals surface area contributed by atoms with Crippen LogP contribution in [-0.2, 0) is 16.4 Å². The fourth-order valence-electron chi connectivity index (χ4n) is 3.63. The highest BCUT2D eigenvalue weighted by Gasteiger charge is 2.15. The van der Waals surface area contributed by atoms with Gasteiger partial charge in [0.15, 0.2) is 0 Å². The van der Waals surface area contributed by atoms with Gasteiger partial charge in [0, 0.05) is 35.9 Å². The average Bonchev–Trinajstić information content (AvgIpc) is 3.26. The molecule has 4 aromatic rings. The molecule has 0 amide bonds. The van der Waals surface area contributed by atoms with Crippen LogP contribution in [0.3, 0.4) is 0 Å². The van der Waals surface area contributed by atoms with Crippen molar-refractivity contribution < 1.29 is 18.3 Å². The monoisotopic (exact) mass is 480 g/mol. The maximum Gasteiger partial charge on any atom is 0.261 e. The van der Waals surface area contributed by atoms with Crippen LogP contribution >= 0.6 is 0 Å². The quantitative estimate of drug-likeness (QED) is 0.244. The lowest BCUT2D eigenvalue weighted by Crippen LogP contribution is -2.26. The largest absolute Gasteiger partial charge is 0.492 e. The number of hydrogen-bond acceptors (Lipinski definition) is 6. The average molecular weight is 481 g/mol. The van der Waals surface area contributed by atoms with E-state index in [1.165, 1.54) is 12.1 Å². The number of aliphatic hydroxyl groups excluding tert-OH is 1. The number of nitrogens with zero attached hydrogens (tertiary/aromatic N) is 1. The minimum Gasteiger partial charge on any atom is -0.492 e. The molecule has 178 valence electrons. The maximum absolute atomic E-state index is 12.5. The summed E-state index contributed by atoms with van der Waals surface area (Å²) in [6.07, 6.45) is 0.0964. The molecule has 0 saturated heterocycles. The molecule has 0 aliphatic rings. The Morgan fingerprint density at radius 3 is 2.68 bits per heavy atom. The molecule has 34 heavy (non-hydrogen) atoms.